The minimum Gasteiger partial charge on any atom is -0.368 e. The molecule has 1 nitrogen and oxygen atoms in total. The summed E-state index contributed by atoms with van der Waals surface area (Å²) < 4.78 is 0. The van der Waals surface area contributed by atoms with E-state index in [0.29, 0.717) is 0 Å². The predicted molar refractivity (Wildman–Crippen MR) is 51.7 cm³/mol. The molecule has 0 N–H and O–H groups in total. The molecule has 0 amide bonds. The van der Waals surface area contributed by atoms with Crippen molar-refractivity contribution in [2.75, 3.05) is 13.1 Å². The van der Waals surface area contributed by atoms with Crippen molar-refractivity contribution in [1.29, 1.82) is 0 Å². The maximum Gasteiger partial charge on any atom is 0.0397 e. The molecule has 2 rings (SSSR count). The number of allylic oxidation sites excluding steroid dienone is 1. The zero-order chi connectivity index (χ0) is 8.39. The fraction of sp³-hybridized carbons (Fsp3) is 0.273. The van der Waals surface area contributed by atoms with Crippen LogP contribution in [0.1, 0.15) is 12.5 Å². The minimum atomic E-state index is 1.22. The van der Waals surface area contributed by atoms with Crippen LogP contribution in [0.5, 0.6) is 0 Å². The van der Waals surface area contributed by atoms with Crippen molar-refractivity contribution in [1.82, 2.24) is 4.90 Å². The maximum absolute atomic E-state index is 2.37. The van der Waals surface area contributed by atoms with Gasteiger partial charge in [-0.1, -0.05) is 36.4 Å². The Kier molecular flexibility index (Phi) is 1.86. The molecule has 1 aromatic carbocycles. The van der Waals surface area contributed by atoms with Crippen LogP contribution < -0.4 is 0 Å². The monoisotopic (exact) mass is 159 g/mol. The van der Waals surface area contributed by atoms with Crippen LogP contribution in [0.15, 0.2) is 36.4 Å². The van der Waals surface area contributed by atoms with Crippen LogP contribution in [-0.4, -0.2) is 18.0 Å². The van der Waals surface area contributed by atoms with Gasteiger partial charge in [0.05, 0.1) is 0 Å². The molecule has 1 heteroatoms. The third-order valence-electron chi connectivity index (χ3n) is 2.13. The summed E-state index contributed by atoms with van der Waals surface area (Å²) in [6.45, 7) is 4.53. The smallest absolute Gasteiger partial charge is 0.0397 e. The Balaban J connectivity index is 2.28. The summed E-state index contributed by atoms with van der Waals surface area (Å²) in [5.41, 5.74) is 2.70. The molecule has 1 aliphatic heterocycles. The van der Waals surface area contributed by atoms with E-state index in [9.17, 15) is 0 Å². The second kappa shape index (κ2) is 3.02. The maximum atomic E-state index is 2.37. The van der Waals surface area contributed by atoms with Gasteiger partial charge in [0, 0.05) is 18.8 Å². The van der Waals surface area contributed by atoms with Crippen molar-refractivity contribution >= 4 is 5.70 Å². The van der Waals surface area contributed by atoms with Gasteiger partial charge in [-0.2, -0.15) is 0 Å². The average molecular weight is 159 g/mol. The predicted octanol–water partition coefficient (Wildman–Crippen LogP) is 2.36. The summed E-state index contributed by atoms with van der Waals surface area (Å²) in [4.78, 5) is 2.37. The summed E-state index contributed by atoms with van der Waals surface area (Å²) in [6.07, 6.45) is 2.18. The van der Waals surface area contributed by atoms with Gasteiger partial charge < -0.3 is 4.90 Å². The molecule has 62 valence electrons. The molecular weight excluding hydrogens is 146 g/mol. The van der Waals surface area contributed by atoms with Crippen molar-refractivity contribution in [3.8, 4) is 0 Å². The topological polar surface area (TPSA) is 3.01 Å². The first-order valence-electron chi connectivity index (χ1n) is 4.38. The van der Waals surface area contributed by atoms with Crippen LogP contribution in [0.2, 0.25) is 0 Å². The van der Waals surface area contributed by atoms with Gasteiger partial charge in [-0.15, -0.1) is 0 Å². The molecule has 1 fully saturated rings. The van der Waals surface area contributed by atoms with Crippen LogP contribution in [0.4, 0.5) is 0 Å². The molecule has 1 aliphatic rings. The molecule has 0 saturated carbocycles. The summed E-state index contributed by atoms with van der Waals surface area (Å²) in [7, 11) is 0. The molecular formula is C11H13N. The van der Waals surface area contributed by atoms with Gasteiger partial charge in [0.25, 0.3) is 0 Å². The first-order valence-corrected chi connectivity index (χ1v) is 4.38. The van der Waals surface area contributed by atoms with Gasteiger partial charge in [0.2, 0.25) is 0 Å². The van der Waals surface area contributed by atoms with Crippen LogP contribution in [0.3, 0.4) is 0 Å². The Morgan fingerprint density at radius 1 is 1.25 bits per heavy atom. The van der Waals surface area contributed by atoms with E-state index in [2.05, 4.69) is 48.2 Å². The van der Waals surface area contributed by atoms with Gasteiger partial charge in [-0.3, -0.25) is 0 Å². The standard InChI is InChI=1S/C11H13N/c1-2-11(12-8-9-12)10-6-4-3-5-7-10/h2-7H,8-9H2,1H3/b11-2+. The first-order chi connectivity index (χ1) is 5.92. The highest BCUT2D eigenvalue weighted by Gasteiger charge is 2.20. The van der Waals surface area contributed by atoms with Crippen molar-refractivity contribution in [2.24, 2.45) is 0 Å². The van der Waals surface area contributed by atoms with Crippen molar-refractivity contribution in [3.05, 3.63) is 42.0 Å². The Morgan fingerprint density at radius 3 is 2.42 bits per heavy atom. The molecule has 0 aromatic heterocycles. The van der Waals surface area contributed by atoms with E-state index in [1.54, 1.807) is 0 Å². The summed E-state index contributed by atoms with van der Waals surface area (Å²) in [5, 5.41) is 0. The lowest BCUT2D eigenvalue weighted by Gasteiger charge is -2.07. The van der Waals surface area contributed by atoms with Crippen LogP contribution in [0.25, 0.3) is 5.70 Å². The van der Waals surface area contributed by atoms with Crippen LogP contribution in [0, 0.1) is 0 Å². The van der Waals surface area contributed by atoms with Gasteiger partial charge in [0.15, 0.2) is 0 Å². The van der Waals surface area contributed by atoms with Gasteiger partial charge in [0.1, 0.15) is 0 Å². The molecule has 1 saturated heterocycles. The summed E-state index contributed by atoms with van der Waals surface area (Å²) in [5.74, 6) is 0. The average Bonchev–Trinajstić information content (AvgIpc) is 2.92. The molecule has 1 heterocycles. The van der Waals surface area contributed by atoms with Crippen LogP contribution in [-0.2, 0) is 0 Å². The van der Waals surface area contributed by atoms with Crippen molar-refractivity contribution in [3.63, 3.8) is 0 Å². The van der Waals surface area contributed by atoms with E-state index in [-0.39, 0.29) is 0 Å². The molecule has 0 atom stereocenters. The molecule has 1 aromatic rings. The molecule has 0 unspecified atom stereocenters. The number of benzene rings is 1. The normalized spacial score (nSPS) is 16.4. The third-order valence-corrected chi connectivity index (χ3v) is 2.13. The molecule has 0 aliphatic carbocycles. The highest BCUT2D eigenvalue weighted by atomic mass is 15.3. The zero-order valence-electron chi connectivity index (χ0n) is 7.33. The number of hydrogen-bond acceptors (Lipinski definition) is 1. The largest absolute Gasteiger partial charge is 0.368 e. The van der Waals surface area contributed by atoms with Gasteiger partial charge in [-0.25, -0.2) is 0 Å². The van der Waals surface area contributed by atoms with Gasteiger partial charge >= 0.3 is 0 Å². The van der Waals surface area contributed by atoms with E-state index in [1.165, 1.54) is 24.4 Å². The Labute approximate surface area is 73.3 Å². The van der Waals surface area contributed by atoms with E-state index in [4.69, 9.17) is 0 Å². The second-order valence-corrected chi connectivity index (χ2v) is 3.03. The van der Waals surface area contributed by atoms with Crippen LogP contribution >= 0.6 is 0 Å². The van der Waals surface area contributed by atoms with E-state index < -0.39 is 0 Å². The number of rotatable bonds is 2. The lowest BCUT2D eigenvalue weighted by molar-refractivity contribution is 0.803. The van der Waals surface area contributed by atoms with E-state index in [1.807, 2.05) is 0 Å². The molecule has 0 bridgehead atoms. The second-order valence-electron chi connectivity index (χ2n) is 3.03. The quantitative estimate of drug-likeness (QED) is 0.599. The minimum absolute atomic E-state index is 1.22. The molecule has 12 heavy (non-hydrogen) atoms. The highest BCUT2D eigenvalue weighted by Crippen LogP contribution is 2.24. The summed E-state index contributed by atoms with van der Waals surface area (Å²) >= 11 is 0. The molecule has 0 radical (unpaired) electrons. The summed E-state index contributed by atoms with van der Waals surface area (Å²) in [6, 6.07) is 10.5. The Bertz CT molecular complexity index is 283. The highest BCUT2D eigenvalue weighted by molar-refractivity contribution is 5.65. The van der Waals surface area contributed by atoms with Gasteiger partial charge in [-0.05, 0) is 12.5 Å². The zero-order valence-corrected chi connectivity index (χ0v) is 7.33. The first kappa shape index (κ1) is 7.41. The lowest BCUT2D eigenvalue weighted by Crippen LogP contribution is -1.94. The number of nitrogens with zero attached hydrogens (tertiary/aromatic N) is 1. The Morgan fingerprint density at radius 2 is 1.92 bits per heavy atom. The molecule has 0 spiro atoms. The number of hydrogen-bond donors (Lipinski definition) is 0. The Hall–Kier alpha value is -1.24. The fourth-order valence-electron chi connectivity index (χ4n) is 1.43. The van der Waals surface area contributed by atoms with E-state index in [0.717, 1.165) is 0 Å². The van der Waals surface area contributed by atoms with Crippen molar-refractivity contribution < 1.29 is 0 Å². The lowest BCUT2D eigenvalue weighted by atomic mass is 10.1. The third kappa shape index (κ3) is 1.35. The SMILES string of the molecule is C/C=C(\c1ccccc1)N1CC1. The fourth-order valence-corrected chi connectivity index (χ4v) is 1.43. The van der Waals surface area contributed by atoms with Crippen molar-refractivity contribution in [2.45, 2.75) is 6.92 Å². The van der Waals surface area contributed by atoms with E-state index >= 15 is 0 Å².